The number of aryl methyl sites for hydroxylation is 1. The highest BCUT2D eigenvalue weighted by Crippen LogP contribution is 2.33. The highest BCUT2D eigenvalue weighted by Gasteiger charge is 2.30. The summed E-state index contributed by atoms with van der Waals surface area (Å²) in [6.45, 7) is 0.418. The predicted molar refractivity (Wildman–Crippen MR) is 104 cm³/mol. The lowest BCUT2D eigenvalue weighted by atomic mass is 10.1. The molecule has 5 nitrogen and oxygen atoms in total. The number of benzene rings is 2. The van der Waals surface area contributed by atoms with E-state index in [4.69, 9.17) is 10.2 Å². The first-order valence-corrected chi connectivity index (χ1v) is 10.1. The molecule has 3 aromatic rings. The summed E-state index contributed by atoms with van der Waals surface area (Å²) in [5, 5.41) is 8.91. The van der Waals surface area contributed by atoms with Crippen LogP contribution in [-0.2, 0) is 16.4 Å². The van der Waals surface area contributed by atoms with Gasteiger partial charge in [0.15, 0.2) is 0 Å². The minimum Gasteiger partial charge on any atom is -0.264 e. The van der Waals surface area contributed by atoms with Crippen LogP contribution >= 0.6 is 0 Å². The van der Waals surface area contributed by atoms with Gasteiger partial charge in [0, 0.05) is 12.1 Å². The number of hydrogen-bond donors (Lipinski definition) is 0. The fourth-order valence-electron chi connectivity index (χ4n) is 3.26. The molecule has 6 heteroatoms. The average molecular weight is 375 g/mol. The van der Waals surface area contributed by atoms with Gasteiger partial charge in [-0.2, -0.15) is 5.26 Å². The summed E-state index contributed by atoms with van der Waals surface area (Å²) in [7, 11) is -3.69. The zero-order valence-corrected chi connectivity index (χ0v) is 15.4. The Morgan fingerprint density at radius 1 is 0.963 bits per heavy atom. The van der Waals surface area contributed by atoms with E-state index in [0.717, 1.165) is 23.4 Å². The van der Waals surface area contributed by atoms with Crippen molar-refractivity contribution < 1.29 is 8.42 Å². The fraction of sp³-hybridized carbons (Fsp3) is 0.143. The second-order valence-corrected chi connectivity index (χ2v) is 8.21. The first-order valence-electron chi connectivity index (χ1n) is 8.68. The number of rotatable bonds is 3. The average Bonchev–Trinajstić information content (AvgIpc) is 2.73. The summed E-state index contributed by atoms with van der Waals surface area (Å²) in [5.74, 6) is 0. The lowest BCUT2D eigenvalue weighted by Crippen LogP contribution is -2.35. The van der Waals surface area contributed by atoms with Crippen molar-refractivity contribution in [2.75, 3.05) is 10.8 Å². The zero-order valence-electron chi connectivity index (χ0n) is 14.5. The van der Waals surface area contributed by atoms with E-state index in [1.807, 2.05) is 48.5 Å². The Morgan fingerprint density at radius 3 is 2.41 bits per heavy atom. The Balaban J connectivity index is 1.73. The Bertz CT molecular complexity index is 1120. The Hall–Kier alpha value is -3.17. The summed E-state index contributed by atoms with van der Waals surface area (Å²) in [5.41, 5.74) is 3.70. The van der Waals surface area contributed by atoms with Crippen LogP contribution in [0.2, 0.25) is 0 Å². The molecule has 0 fully saturated rings. The Morgan fingerprint density at radius 2 is 1.70 bits per heavy atom. The molecule has 0 aliphatic carbocycles. The van der Waals surface area contributed by atoms with Gasteiger partial charge < -0.3 is 0 Å². The maximum absolute atomic E-state index is 13.1. The van der Waals surface area contributed by atoms with Crippen molar-refractivity contribution in [2.45, 2.75) is 17.7 Å². The molecule has 0 saturated heterocycles. The smallest absolute Gasteiger partial charge is 0.264 e. The predicted octanol–water partition coefficient (Wildman–Crippen LogP) is 3.76. The first-order chi connectivity index (χ1) is 13.1. The van der Waals surface area contributed by atoms with Gasteiger partial charge in [-0.15, -0.1) is 0 Å². The van der Waals surface area contributed by atoms with Gasteiger partial charge in [0.2, 0.25) is 0 Å². The molecule has 0 atom stereocenters. The molecule has 0 bridgehead atoms. The van der Waals surface area contributed by atoms with Crippen LogP contribution in [0, 0.1) is 11.3 Å². The number of sulfonamides is 1. The van der Waals surface area contributed by atoms with Gasteiger partial charge >= 0.3 is 0 Å². The highest BCUT2D eigenvalue weighted by atomic mass is 32.2. The van der Waals surface area contributed by atoms with E-state index in [9.17, 15) is 8.42 Å². The maximum Gasteiger partial charge on any atom is 0.264 e. The SMILES string of the molecule is N#Cc1ccc(S(=O)(=O)N2CCCc3nc(-c4ccccc4)ccc32)cc1. The number of pyridine rings is 1. The van der Waals surface area contributed by atoms with Gasteiger partial charge in [-0.05, 0) is 49.2 Å². The van der Waals surface area contributed by atoms with E-state index in [1.165, 1.54) is 28.6 Å². The molecule has 1 aliphatic rings. The van der Waals surface area contributed by atoms with E-state index in [1.54, 1.807) is 0 Å². The molecule has 0 radical (unpaired) electrons. The van der Waals surface area contributed by atoms with Crippen molar-refractivity contribution >= 4 is 15.7 Å². The van der Waals surface area contributed by atoms with E-state index in [-0.39, 0.29) is 4.90 Å². The number of aromatic nitrogens is 1. The van der Waals surface area contributed by atoms with Gasteiger partial charge in [-0.25, -0.2) is 8.42 Å². The van der Waals surface area contributed by atoms with Crippen molar-refractivity contribution in [3.63, 3.8) is 0 Å². The van der Waals surface area contributed by atoms with Crippen molar-refractivity contribution in [1.29, 1.82) is 5.26 Å². The van der Waals surface area contributed by atoms with Crippen LogP contribution in [0.4, 0.5) is 5.69 Å². The number of hydrogen-bond acceptors (Lipinski definition) is 4. The van der Waals surface area contributed by atoms with Crippen LogP contribution in [0.5, 0.6) is 0 Å². The van der Waals surface area contributed by atoms with Crippen LogP contribution in [0.25, 0.3) is 11.3 Å². The fourth-order valence-corrected chi connectivity index (χ4v) is 4.79. The van der Waals surface area contributed by atoms with E-state index in [2.05, 4.69) is 0 Å². The summed E-state index contributed by atoms with van der Waals surface area (Å²) in [6.07, 6.45) is 1.46. The third-order valence-electron chi connectivity index (χ3n) is 4.63. The molecule has 0 unspecified atom stereocenters. The summed E-state index contributed by atoms with van der Waals surface area (Å²) in [4.78, 5) is 4.90. The minimum atomic E-state index is -3.69. The second kappa shape index (κ2) is 6.86. The van der Waals surface area contributed by atoms with Crippen LogP contribution in [0.1, 0.15) is 17.7 Å². The molecule has 1 aliphatic heterocycles. The highest BCUT2D eigenvalue weighted by molar-refractivity contribution is 7.92. The van der Waals surface area contributed by atoms with Gasteiger partial charge in [0.05, 0.1) is 33.6 Å². The summed E-state index contributed by atoms with van der Waals surface area (Å²) >= 11 is 0. The molecule has 2 heterocycles. The van der Waals surface area contributed by atoms with Gasteiger partial charge in [0.25, 0.3) is 10.0 Å². The summed E-state index contributed by atoms with van der Waals surface area (Å²) in [6, 6.07) is 21.6. The molecular weight excluding hydrogens is 358 g/mol. The second-order valence-electron chi connectivity index (χ2n) is 6.35. The molecule has 2 aromatic carbocycles. The maximum atomic E-state index is 13.1. The molecule has 0 saturated carbocycles. The molecule has 0 N–H and O–H groups in total. The van der Waals surface area contributed by atoms with Gasteiger partial charge in [0.1, 0.15) is 0 Å². The van der Waals surface area contributed by atoms with Crippen LogP contribution in [-0.4, -0.2) is 19.9 Å². The number of anilines is 1. The van der Waals surface area contributed by atoms with E-state index in [0.29, 0.717) is 24.2 Å². The Kier molecular flexibility index (Phi) is 4.38. The molecule has 4 rings (SSSR count). The topological polar surface area (TPSA) is 74.1 Å². The molecule has 134 valence electrons. The van der Waals surface area contributed by atoms with Crippen molar-refractivity contribution in [2.24, 2.45) is 0 Å². The number of nitrogens with zero attached hydrogens (tertiary/aromatic N) is 3. The summed E-state index contributed by atoms with van der Waals surface area (Å²) < 4.78 is 27.7. The number of nitriles is 1. The largest absolute Gasteiger partial charge is 0.264 e. The normalized spacial score (nSPS) is 13.7. The lowest BCUT2D eigenvalue weighted by molar-refractivity contribution is 0.586. The third-order valence-corrected chi connectivity index (χ3v) is 6.46. The van der Waals surface area contributed by atoms with E-state index < -0.39 is 10.0 Å². The van der Waals surface area contributed by atoms with Crippen LogP contribution in [0.15, 0.2) is 71.6 Å². The minimum absolute atomic E-state index is 0.182. The third kappa shape index (κ3) is 3.18. The number of fused-ring (bicyclic) bond motifs is 1. The monoisotopic (exact) mass is 375 g/mol. The molecular formula is C21H17N3O2S. The molecule has 1 aromatic heterocycles. The first kappa shape index (κ1) is 17.3. The van der Waals surface area contributed by atoms with Crippen molar-refractivity contribution in [3.05, 3.63) is 78.0 Å². The Labute approximate surface area is 158 Å². The quantitative estimate of drug-likeness (QED) is 0.699. The van der Waals surface area contributed by atoms with Crippen molar-refractivity contribution in [1.82, 2.24) is 4.98 Å². The zero-order chi connectivity index (χ0) is 18.9. The molecule has 0 amide bonds. The van der Waals surface area contributed by atoms with E-state index >= 15 is 0 Å². The lowest BCUT2D eigenvalue weighted by Gasteiger charge is -2.30. The molecule has 27 heavy (non-hydrogen) atoms. The van der Waals surface area contributed by atoms with Gasteiger partial charge in [-0.1, -0.05) is 30.3 Å². The van der Waals surface area contributed by atoms with Crippen molar-refractivity contribution in [3.8, 4) is 17.3 Å². The standard InChI is InChI=1S/C21H17N3O2S/c22-15-16-8-10-18(11-9-16)27(25,26)24-14-4-7-20-21(24)13-12-19(23-20)17-5-2-1-3-6-17/h1-3,5-6,8-13H,4,7,14H2. The van der Waals surface area contributed by atoms with Crippen LogP contribution in [0.3, 0.4) is 0 Å². The van der Waals surface area contributed by atoms with Gasteiger partial charge in [-0.3, -0.25) is 9.29 Å². The van der Waals surface area contributed by atoms with Crippen LogP contribution < -0.4 is 4.31 Å². The molecule has 0 spiro atoms.